The largest absolute Gasteiger partial charge is 0.507 e. The van der Waals surface area contributed by atoms with E-state index >= 15 is 0 Å². The van der Waals surface area contributed by atoms with Gasteiger partial charge in [0.25, 0.3) is 0 Å². The number of phenolic OH excluding ortho intramolecular Hbond substituents is 1. The number of phenols is 1. The van der Waals surface area contributed by atoms with Crippen LogP contribution in [0.25, 0.3) is 22.6 Å². The highest BCUT2D eigenvalue weighted by Gasteiger charge is 2.15. The Hall–Kier alpha value is -3.25. The minimum atomic E-state index is -1.04. The molecule has 0 aliphatic heterocycles. The first-order chi connectivity index (χ1) is 13.4. The normalized spacial score (nSPS) is 11.6. The van der Waals surface area contributed by atoms with Gasteiger partial charge in [0, 0.05) is 11.8 Å². The molecule has 0 saturated carbocycles. The molecule has 0 atom stereocenters. The van der Waals surface area contributed by atoms with Crippen LogP contribution in [0.1, 0.15) is 11.1 Å². The van der Waals surface area contributed by atoms with Gasteiger partial charge in [0.05, 0.1) is 16.3 Å². The second-order valence-electron chi connectivity index (χ2n) is 6.19. The van der Waals surface area contributed by atoms with Crippen LogP contribution in [0.15, 0.2) is 57.9 Å². The predicted molar refractivity (Wildman–Crippen MR) is 104 cm³/mol. The third-order valence-corrected chi connectivity index (χ3v) is 4.55. The number of rotatable bonds is 3. The predicted octanol–water partition coefficient (Wildman–Crippen LogP) is 6.19. The molecule has 0 bridgehead atoms. The molecular formula is C21H13ClF2N2O2. The van der Waals surface area contributed by atoms with Crippen molar-refractivity contribution < 1.29 is 18.3 Å². The Labute approximate surface area is 163 Å². The number of halogens is 3. The molecule has 28 heavy (non-hydrogen) atoms. The van der Waals surface area contributed by atoms with Crippen LogP contribution in [0.3, 0.4) is 0 Å². The molecule has 0 saturated heterocycles. The van der Waals surface area contributed by atoms with Crippen molar-refractivity contribution in [3.63, 3.8) is 0 Å². The smallest absolute Gasteiger partial charge is 0.228 e. The van der Waals surface area contributed by atoms with Crippen molar-refractivity contribution in [2.24, 2.45) is 4.99 Å². The Morgan fingerprint density at radius 1 is 1.11 bits per heavy atom. The van der Waals surface area contributed by atoms with Gasteiger partial charge >= 0.3 is 0 Å². The van der Waals surface area contributed by atoms with Crippen molar-refractivity contribution in [2.75, 3.05) is 0 Å². The summed E-state index contributed by atoms with van der Waals surface area (Å²) in [5.74, 6) is -1.83. The second-order valence-corrected chi connectivity index (χ2v) is 6.60. The quantitative estimate of drug-likeness (QED) is 0.330. The summed E-state index contributed by atoms with van der Waals surface area (Å²) in [7, 11) is 0. The molecule has 4 aromatic rings. The molecule has 0 aliphatic rings. The molecule has 1 N–H and O–H groups in total. The summed E-state index contributed by atoms with van der Waals surface area (Å²) < 4.78 is 32.4. The zero-order chi connectivity index (χ0) is 19.8. The van der Waals surface area contributed by atoms with E-state index in [2.05, 4.69) is 9.98 Å². The van der Waals surface area contributed by atoms with E-state index in [1.807, 2.05) is 6.07 Å². The van der Waals surface area contributed by atoms with Gasteiger partial charge in [-0.25, -0.2) is 13.8 Å². The average molecular weight is 399 g/mol. The van der Waals surface area contributed by atoms with Crippen LogP contribution in [-0.2, 0) is 0 Å². The third-order valence-electron chi connectivity index (χ3n) is 4.23. The fourth-order valence-corrected chi connectivity index (χ4v) is 2.96. The number of aromatic nitrogens is 1. The molecule has 4 rings (SSSR count). The number of hydrogen-bond donors (Lipinski definition) is 1. The zero-order valence-electron chi connectivity index (χ0n) is 14.6. The number of benzene rings is 3. The van der Waals surface area contributed by atoms with Gasteiger partial charge < -0.3 is 9.52 Å². The lowest BCUT2D eigenvalue weighted by Crippen LogP contribution is -1.87. The van der Waals surface area contributed by atoms with Gasteiger partial charge in [-0.3, -0.25) is 4.99 Å². The first-order valence-electron chi connectivity index (χ1n) is 8.30. The SMILES string of the molecule is Cc1cccc(C=Nc2ccc3oc(-c4cc(F)c(F)cc4Cl)nc3c2)c1O. The summed E-state index contributed by atoms with van der Waals surface area (Å²) in [6.07, 6.45) is 1.55. The number of fused-ring (bicyclic) bond motifs is 1. The maximum absolute atomic E-state index is 13.5. The molecule has 140 valence electrons. The topological polar surface area (TPSA) is 58.6 Å². The Morgan fingerprint density at radius 3 is 2.71 bits per heavy atom. The fourth-order valence-electron chi connectivity index (χ4n) is 2.73. The number of nitrogens with zero attached hydrogens (tertiary/aromatic N) is 2. The molecule has 0 spiro atoms. The minimum Gasteiger partial charge on any atom is -0.507 e. The number of aromatic hydroxyl groups is 1. The molecule has 0 amide bonds. The molecule has 0 unspecified atom stereocenters. The van der Waals surface area contributed by atoms with E-state index in [-0.39, 0.29) is 22.2 Å². The molecule has 1 heterocycles. The van der Waals surface area contributed by atoms with E-state index in [1.165, 1.54) is 0 Å². The number of hydrogen-bond acceptors (Lipinski definition) is 4. The lowest BCUT2D eigenvalue weighted by molar-refractivity contribution is 0.470. The van der Waals surface area contributed by atoms with Crippen molar-refractivity contribution in [3.05, 3.63) is 76.3 Å². The first kappa shape index (κ1) is 18.1. The van der Waals surface area contributed by atoms with Crippen LogP contribution >= 0.6 is 11.6 Å². The lowest BCUT2D eigenvalue weighted by Gasteiger charge is -2.01. The Kier molecular flexibility index (Phi) is 4.57. The van der Waals surface area contributed by atoms with Crippen molar-refractivity contribution in [2.45, 2.75) is 6.92 Å². The highest BCUT2D eigenvalue weighted by molar-refractivity contribution is 6.33. The monoisotopic (exact) mass is 398 g/mol. The summed E-state index contributed by atoms with van der Waals surface area (Å²) in [5, 5.41) is 10.1. The van der Waals surface area contributed by atoms with Crippen LogP contribution in [-0.4, -0.2) is 16.3 Å². The van der Waals surface area contributed by atoms with Crippen LogP contribution in [0.4, 0.5) is 14.5 Å². The van der Waals surface area contributed by atoms with Crippen LogP contribution in [0.5, 0.6) is 5.75 Å². The van der Waals surface area contributed by atoms with E-state index < -0.39 is 11.6 Å². The van der Waals surface area contributed by atoms with E-state index in [1.54, 1.807) is 43.5 Å². The van der Waals surface area contributed by atoms with Gasteiger partial charge in [0.15, 0.2) is 17.2 Å². The Bertz CT molecular complexity index is 1230. The highest BCUT2D eigenvalue weighted by Crippen LogP contribution is 2.33. The molecule has 0 fully saturated rings. The third kappa shape index (κ3) is 3.34. The molecule has 7 heteroatoms. The Balaban J connectivity index is 1.70. The van der Waals surface area contributed by atoms with Gasteiger partial charge in [0.2, 0.25) is 5.89 Å². The van der Waals surface area contributed by atoms with Crippen LogP contribution in [0.2, 0.25) is 5.02 Å². The van der Waals surface area contributed by atoms with Gasteiger partial charge in [-0.1, -0.05) is 23.7 Å². The first-order valence-corrected chi connectivity index (χ1v) is 8.68. The molecule has 0 aliphatic carbocycles. The number of oxazole rings is 1. The highest BCUT2D eigenvalue weighted by atomic mass is 35.5. The summed E-state index contributed by atoms with van der Waals surface area (Å²) in [6, 6.07) is 12.3. The van der Waals surface area contributed by atoms with Crippen molar-refractivity contribution >= 4 is 34.6 Å². The maximum atomic E-state index is 13.5. The standard InChI is InChI=1S/C21H13ClF2N2O2/c1-11-3-2-4-12(20(11)27)10-25-13-5-6-19-18(7-13)26-21(28-19)14-8-16(23)17(24)9-15(14)22/h2-10,27H,1H3. The average Bonchev–Trinajstić information content (AvgIpc) is 3.09. The molecule has 1 aromatic heterocycles. The summed E-state index contributed by atoms with van der Waals surface area (Å²) in [5.41, 5.74) is 3.03. The number of para-hydroxylation sites is 1. The van der Waals surface area contributed by atoms with E-state index in [0.29, 0.717) is 22.4 Å². The van der Waals surface area contributed by atoms with E-state index in [9.17, 15) is 13.9 Å². The zero-order valence-corrected chi connectivity index (χ0v) is 15.3. The van der Waals surface area contributed by atoms with Crippen molar-refractivity contribution in [1.82, 2.24) is 4.98 Å². The summed E-state index contributed by atoms with van der Waals surface area (Å²) >= 11 is 5.99. The second kappa shape index (κ2) is 7.05. The molecule has 3 aromatic carbocycles. The number of aliphatic imine (C=N–C) groups is 1. The van der Waals surface area contributed by atoms with Gasteiger partial charge in [-0.2, -0.15) is 0 Å². The fraction of sp³-hybridized carbons (Fsp3) is 0.0476. The van der Waals surface area contributed by atoms with Crippen LogP contribution in [0, 0.1) is 18.6 Å². The molecule has 0 radical (unpaired) electrons. The van der Waals surface area contributed by atoms with Crippen molar-refractivity contribution in [1.29, 1.82) is 0 Å². The van der Waals surface area contributed by atoms with E-state index in [4.69, 9.17) is 16.0 Å². The Morgan fingerprint density at radius 2 is 1.89 bits per heavy atom. The lowest BCUT2D eigenvalue weighted by atomic mass is 10.1. The molecular weight excluding hydrogens is 386 g/mol. The van der Waals surface area contributed by atoms with Gasteiger partial charge in [-0.15, -0.1) is 0 Å². The minimum absolute atomic E-state index is 0.00127. The van der Waals surface area contributed by atoms with Gasteiger partial charge in [0.1, 0.15) is 11.3 Å². The van der Waals surface area contributed by atoms with E-state index in [0.717, 1.165) is 17.7 Å². The number of aryl methyl sites for hydroxylation is 1. The summed E-state index contributed by atoms with van der Waals surface area (Å²) in [6.45, 7) is 1.80. The molecule has 4 nitrogen and oxygen atoms in total. The van der Waals surface area contributed by atoms with Gasteiger partial charge in [-0.05, 0) is 48.9 Å². The van der Waals surface area contributed by atoms with Crippen LogP contribution < -0.4 is 0 Å². The maximum Gasteiger partial charge on any atom is 0.228 e. The van der Waals surface area contributed by atoms with Crippen molar-refractivity contribution in [3.8, 4) is 17.2 Å². The summed E-state index contributed by atoms with van der Waals surface area (Å²) in [4.78, 5) is 8.65.